The molecule has 3 rings (SSSR count). The summed E-state index contributed by atoms with van der Waals surface area (Å²) in [6.07, 6.45) is -0.949. The Morgan fingerprint density at radius 3 is 2.21 bits per heavy atom. The Hall–Kier alpha value is -2.95. The molecule has 184 valence electrons. The molecule has 0 bridgehead atoms. The normalized spacial score (nSPS) is 19.0. The van der Waals surface area contributed by atoms with E-state index in [0.717, 1.165) is 0 Å². The van der Waals surface area contributed by atoms with Gasteiger partial charge < -0.3 is 14.8 Å². The number of nitrogens with one attached hydrogen (secondary N) is 2. The molecule has 1 fully saturated rings. The SMILES string of the molecule is CC(C)COC(=O)Nc1cccc(NC(=O)c2ccc(S(=O)(=O)N3CC(C)OC(C)C3)cc2)c1. The van der Waals surface area contributed by atoms with Crippen LogP contribution in [-0.2, 0) is 19.5 Å². The predicted molar refractivity (Wildman–Crippen MR) is 129 cm³/mol. The van der Waals surface area contributed by atoms with E-state index < -0.39 is 22.0 Å². The van der Waals surface area contributed by atoms with E-state index >= 15 is 0 Å². The van der Waals surface area contributed by atoms with Crippen LogP contribution in [0.1, 0.15) is 38.1 Å². The van der Waals surface area contributed by atoms with Crippen LogP contribution in [0.5, 0.6) is 0 Å². The van der Waals surface area contributed by atoms with Crippen LogP contribution < -0.4 is 10.6 Å². The molecular formula is C24H31N3O6S. The molecule has 2 aromatic carbocycles. The lowest BCUT2D eigenvalue weighted by atomic mass is 10.2. The fourth-order valence-corrected chi connectivity index (χ4v) is 5.12. The van der Waals surface area contributed by atoms with Gasteiger partial charge >= 0.3 is 6.09 Å². The summed E-state index contributed by atoms with van der Waals surface area (Å²) < 4.78 is 38.1. The van der Waals surface area contributed by atoms with Gasteiger partial charge in [-0.15, -0.1) is 0 Å². The van der Waals surface area contributed by atoms with Crippen LogP contribution in [0.2, 0.25) is 0 Å². The smallest absolute Gasteiger partial charge is 0.411 e. The van der Waals surface area contributed by atoms with E-state index in [4.69, 9.17) is 9.47 Å². The van der Waals surface area contributed by atoms with Crippen molar-refractivity contribution in [1.82, 2.24) is 4.31 Å². The molecule has 0 aromatic heterocycles. The molecule has 1 aliphatic rings. The monoisotopic (exact) mass is 489 g/mol. The molecule has 1 heterocycles. The minimum atomic E-state index is -3.69. The van der Waals surface area contributed by atoms with Crippen molar-refractivity contribution in [2.75, 3.05) is 30.3 Å². The maximum Gasteiger partial charge on any atom is 0.411 e. The number of sulfonamides is 1. The van der Waals surface area contributed by atoms with Crippen molar-refractivity contribution in [1.29, 1.82) is 0 Å². The lowest BCUT2D eigenvalue weighted by molar-refractivity contribution is -0.0440. The first-order valence-corrected chi connectivity index (χ1v) is 12.6. The summed E-state index contributed by atoms with van der Waals surface area (Å²) in [5, 5.41) is 5.37. The van der Waals surface area contributed by atoms with Gasteiger partial charge in [-0.25, -0.2) is 13.2 Å². The third-order valence-corrected chi connectivity index (χ3v) is 6.90. The van der Waals surface area contributed by atoms with Crippen molar-refractivity contribution in [2.24, 2.45) is 5.92 Å². The molecule has 10 heteroatoms. The summed E-state index contributed by atoms with van der Waals surface area (Å²) in [7, 11) is -3.69. The van der Waals surface area contributed by atoms with E-state index in [1.54, 1.807) is 24.3 Å². The van der Waals surface area contributed by atoms with Gasteiger partial charge in [0.05, 0.1) is 23.7 Å². The fourth-order valence-electron chi connectivity index (χ4n) is 3.53. The quantitative estimate of drug-likeness (QED) is 0.609. The zero-order chi connectivity index (χ0) is 24.9. The molecule has 2 unspecified atom stereocenters. The Kier molecular flexibility index (Phi) is 8.29. The molecule has 0 aliphatic carbocycles. The number of hydrogen-bond donors (Lipinski definition) is 2. The summed E-state index contributed by atoms with van der Waals surface area (Å²) in [6.45, 7) is 8.42. The van der Waals surface area contributed by atoms with Crippen LogP contribution in [0.15, 0.2) is 53.4 Å². The summed E-state index contributed by atoms with van der Waals surface area (Å²) in [4.78, 5) is 24.7. The van der Waals surface area contributed by atoms with Gasteiger partial charge in [0.1, 0.15) is 0 Å². The second-order valence-corrected chi connectivity index (χ2v) is 10.7. The molecule has 1 aliphatic heterocycles. The third-order valence-electron chi connectivity index (χ3n) is 5.05. The van der Waals surface area contributed by atoms with Crippen molar-refractivity contribution in [2.45, 2.75) is 44.8 Å². The van der Waals surface area contributed by atoms with Crippen LogP contribution in [-0.4, -0.2) is 56.6 Å². The van der Waals surface area contributed by atoms with Gasteiger partial charge in [-0.1, -0.05) is 19.9 Å². The maximum atomic E-state index is 13.0. The van der Waals surface area contributed by atoms with Crippen molar-refractivity contribution < 1.29 is 27.5 Å². The number of morpholine rings is 1. The highest BCUT2D eigenvalue weighted by Gasteiger charge is 2.32. The van der Waals surface area contributed by atoms with Crippen LogP contribution >= 0.6 is 0 Å². The topological polar surface area (TPSA) is 114 Å². The van der Waals surface area contributed by atoms with Crippen LogP contribution in [0.3, 0.4) is 0 Å². The molecule has 2 atom stereocenters. The highest BCUT2D eigenvalue weighted by atomic mass is 32.2. The first kappa shape index (κ1) is 25.7. The third kappa shape index (κ3) is 6.78. The number of ether oxygens (including phenoxy) is 2. The lowest BCUT2D eigenvalue weighted by Crippen LogP contribution is -2.48. The largest absolute Gasteiger partial charge is 0.449 e. The fraction of sp³-hybridized carbons (Fsp3) is 0.417. The Balaban J connectivity index is 1.64. The summed E-state index contributed by atoms with van der Waals surface area (Å²) in [6, 6.07) is 12.5. The molecule has 0 spiro atoms. The average Bonchev–Trinajstić information content (AvgIpc) is 2.77. The maximum absolute atomic E-state index is 13.0. The van der Waals surface area contributed by atoms with E-state index in [1.165, 1.54) is 28.6 Å². The number of rotatable bonds is 7. The minimum absolute atomic E-state index is 0.122. The second kappa shape index (κ2) is 11.0. The van der Waals surface area contributed by atoms with E-state index in [0.29, 0.717) is 23.5 Å². The van der Waals surface area contributed by atoms with Crippen LogP contribution in [0.25, 0.3) is 0 Å². The van der Waals surface area contributed by atoms with Crippen molar-refractivity contribution >= 4 is 33.4 Å². The number of amides is 2. The van der Waals surface area contributed by atoms with Gasteiger partial charge in [0.2, 0.25) is 10.0 Å². The van der Waals surface area contributed by atoms with Crippen molar-refractivity contribution in [3.63, 3.8) is 0 Å². The predicted octanol–water partition coefficient (Wildman–Crippen LogP) is 3.94. The molecule has 2 amide bonds. The molecule has 0 radical (unpaired) electrons. The number of carbonyl (C=O) groups excluding carboxylic acids is 2. The lowest BCUT2D eigenvalue weighted by Gasteiger charge is -2.34. The van der Waals surface area contributed by atoms with Gasteiger partial charge in [-0.05, 0) is 62.2 Å². The molecule has 1 saturated heterocycles. The number of anilines is 2. The van der Waals surface area contributed by atoms with Gasteiger partial charge in [-0.2, -0.15) is 4.31 Å². The van der Waals surface area contributed by atoms with Gasteiger partial charge in [0.25, 0.3) is 5.91 Å². The Bertz CT molecular complexity index is 1110. The van der Waals surface area contributed by atoms with Crippen LogP contribution in [0.4, 0.5) is 16.2 Å². The van der Waals surface area contributed by atoms with E-state index in [1.807, 2.05) is 27.7 Å². The Morgan fingerprint density at radius 2 is 1.62 bits per heavy atom. The molecule has 2 N–H and O–H groups in total. The number of hydrogen-bond acceptors (Lipinski definition) is 6. The number of benzene rings is 2. The molecule has 2 aromatic rings. The second-order valence-electron chi connectivity index (χ2n) is 8.76. The average molecular weight is 490 g/mol. The van der Waals surface area contributed by atoms with Crippen molar-refractivity contribution in [3.05, 3.63) is 54.1 Å². The van der Waals surface area contributed by atoms with Gasteiger partial charge in [0, 0.05) is 30.0 Å². The zero-order valence-electron chi connectivity index (χ0n) is 19.8. The Morgan fingerprint density at radius 1 is 1.03 bits per heavy atom. The van der Waals surface area contributed by atoms with E-state index in [-0.39, 0.29) is 36.1 Å². The van der Waals surface area contributed by atoms with Gasteiger partial charge in [0.15, 0.2) is 0 Å². The zero-order valence-corrected chi connectivity index (χ0v) is 20.6. The first-order chi connectivity index (χ1) is 16.0. The molecular weight excluding hydrogens is 458 g/mol. The van der Waals surface area contributed by atoms with E-state index in [2.05, 4.69) is 10.6 Å². The standard InChI is InChI=1S/C24H31N3O6S/c1-16(2)15-32-24(29)26-21-7-5-6-20(12-21)25-23(28)19-8-10-22(11-9-19)34(30,31)27-13-17(3)33-18(4)14-27/h5-12,16-18H,13-15H2,1-4H3,(H,25,28)(H,26,29). The Labute approximate surface area is 200 Å². The number of carbonyl (C=O) groups is 2. The first-order valence-electron chi connectivity index (χ1n) is 11.2. The summed E-state index contributed by atoms with van der Waals surface area (Å²) in [5.74, 6) is -0.184. The number of nitrogens with zero attached hydrogens (tertiary/aromatic N) is 1. The van der Waals surface area contributed by atoms with Gasteiger partial charge in [-0.3, -0.25) is 10.1 Å². The summed E-state index contributed by atoms with van der Waals surface area (Å²) >= 11 is 0. The molecule has 0 saturated carbocycles. The minimum Gasteiger partial charge on any atom is -0.449 e. The van der Waals surface area contributed by atoms with E-state index in [9.17, 15) is 18.0 Å². The van der Waals surface area contributed by atoms with Crippen LogP contribution in [0, 0.1) is 5.92 Å². The molecule has 9 nitrogen and oxygen atoms in total. The molecule has 34 heavy (non-hydrogen) atoms. The highest BCUT2D eigenvalue weighted by molar-refractivity contribution is 7.89. The van der Waals surface area contributed by atoms with Crippen molar-refractivity contribution in [3.8, 4) is 0 Å². The highest BCUT2D eigenvalue weighted by Crippen LogP contribution is 2.22. The summed E-state index contributed by atoms with van der Waals surface area (Å²) in [5.41, 5.74) is 1.25.